The van der Waals surface area contributed by atoms with Crippen molar-refractivity contribution in [3.63, 3.8) is 0 Å². The fraction of sp³-hybridized carbons (Fsp3) is 0.250. The van der Waals surface area contributed by atoms with E-state index >= 15 is 0 Å². The van der Waals surface area contributed by atoms with Crippen LogP contribution in [0.25, 0.3) is 0 Å². The molecule has 0 saturated carbocycles. The molecule has 0 unspecified atom stereocenters. The summed E-state index contributed by atoms with van der Waals surface area (Å²) in [4.78, 5) is 0. The minimum atomic E-state index is 0.742. The normalized spacial score (nSPS) is 10.4. The van der Waals surface area contributed by atoms with Gasteiger partial charge in [0.2, 0.25) is 0 Å². The largest absolute Gasteiger partial charge is 0.497 e. The number of aromatic nitrogens is 2. The molecule has 84 valence electrons. The first-order valence-corrected chi connectivity index (χ1v) is 5.80. The smallest absolute Gasteiger partial charge is 0.119 e. The zero-order chi connectivity index (χ0) is 11.5. The average molecular weight is 281 g/mol. The molecule has 0 aliphatic carbocycles. The van der Waals surface area contributed by atoms with E-state index in [1.165, 1.54) is 5.56 Å². The Labute approximate surface area is 103 Å². The molecule has 3 nitrogen and oxygen atoms in total. The first-order chi connectivity index (χ1) is 7.69. The van der Waals surface area contributed by atoms with Crippen molar-refractivity contribution in [3.05, 3.63) is 46.2 Å². The van der Waals surface area contributed by atoms with Gasteiger partial charge in [-0.25, -0.2) is 0 Å². The lowest BCUT2D eigenvalue weighted by atomic mass is 10.2. The topological polar surface area (TPSA) is 27.1 Å². The van der Waals surface area contributed by atoms with E-state index < -0.39 is 0 Å². The molecule has 1 aromatic heterocycles. The number of hydrogen-bond donors (Lipinski definition) is 0. The van der Waals surface area contributed by atoms with E-state index in [1.54, 1.807) is 7.11 Å². The summed E-state index contributed by atoms with van der Waals surface area (Å²) >= 11 is 3.53. The second-order valence-electron chi connectivity index (χ2n) is 3.67. The summed E-state index contributed by atoms with van der Waals surface area (Å²) in [7, 11) is 1.67. The van der Waals surface area contributed by atoms with Crippen LogP contribution in [0.15, 0.2) is 35.1 Å². The maximum atomic E-state index is 5.20. The van der Waals surface area contributed by atoms with E-state index in [2.05, 4.69) is 21.0 Å². The summed E-state index contributed by atoms with van der Waals surface area (Å²) in [6, 6.07) is 5.94. The molecular formula is C12H13BrN2O. The number of hydrogen-bond acceptors (Lipinski definition) is 2. The third kappa shape index (κ3) is 2.44. The van der Waals surface area contributed by atoms with Gasteiger partial charge in [-0.3, -0.25) is 4.68 Å². The number of ether oxygens (including phenoxy) is 1. The zero-order valence-corrected chi connectivity index (χ0v) is 10.9. The van der Waals surface area contributed by atoms with Gasteiger partial charge in [0.15, 0.2) is 0 Å². The monoisotopic (exact) mass is 280 g/mol. The molecule has 0 aliphatic rings. The number of benzene rings is 1. The standard InChI is InChI=1S/C12H13BrN2O/c1-9-6-14-15(7-9)8-10-5-11(16-2)3-4-12(10)13/h3-7H,8H2,1-2H3. The molecule has 0 spiro atoms. The molecule has 2 rings (SSSR count). The zero-order valence-electron chi connectivity index (χ0n) is 9.27. The summed E-state index contributed by atoms with van der Waals surface area (Å²) in [5, 5.41) is 4.26. The summed E-state index contributed by atoms with van der Waals surface area (Å²) in [6.45, 7) is 2.77. The highest BCUT2D eigenvalue weighted by atomic mass is 79.9. The summed E-state index contributed by atoms with van der Waals surface area (Å²) < 4.78 is 8.18. The van der Waals surface area contributed by atoms with E-state index in [1.807, 2.05) is 42.2 Å². The number of nitrogens with zero attached hydrogens (tertiary/aromatic N) is 2. The fourth-order valence-electron chi connectivity index (χ4n) is 1.53. The van der Waals surface area contributed by atoms with Crippen LogP contribution in [0.4, 0.5) is 0 Å². The molecule has 16 heavy (non-hydrogen) atoms. The maximum absolute atomic E-state index is 5.20. The van der Waals surface area contributed by atoms with Gasteiger partial charge in [-0.15, -0.1) is 0 Å². The van der Waals surface area contributed by atoms with E-state index in [-0.39, 0.29) is 0 Å². The molecule has 4 heteroatoms. The predicted octanol–water partition coefficient (Wildman–Crippen LogP) is 3.01. The van der Waals surface area contributed by atoms with Crippen LogP contribution < -0.4 is 4.74 Å². The molecule has 0 atom stereocenters. The molecule has 0 fully saturated rings. The third-order valence-electron chi connectivity index (χ3n) is 2.35. The van der Waals surface area contributed by atoms with E-state index in [9.17, 15) is 0 Å². The Morgan fingerprint density at radius 2 is 2.25 bits per heavy atom. The van der Waals surface area contributed by atoms with Crippen LogP contribution in [0.3, 0.4) is 0 Å². The van der Waals surface area contributed by atoms with Gasteiger partial charge < -0.3 is 4.74 Å². The summed E-state index contributed by atoms with van der Waals surface area (Å²) in [6.07, 6.45) is 3.87. The first-order valence-electron chi connectivity index (χ1n) is 5.00. The fourth-order valence-corrected chi connectivity index (χ4v) is 1.90. The molecule has 0 radical (unpaired) electrons. The molecule has 1 heterocycles. The van der Waals surface area contributed by atoms with Crippen molar-refractivity contribution >= 4 is 15.9 Å². The van der Waals surface area contributed by atoms with Gasteiger partial charge in [0.1, 0.15) is 5.75 Å². The number of rotatable bonds is 3. The van der Waals surface area contributed by atoms with Gasteiger partial charge in [0.25, 0.3) is 0 Å². The molecule has 1 aromatic carbocycles. The Morgan fingerprint density at radius 3 is 2.88 bits per heavy atom. The second-order valence-corrected chi connectivity index (χ2v) is 4.53. The quantitative estimate of drug-likeness (QED) is 0.864. The highest BCUT2D eigenvalue weighted by molar-refractivity contribution is 9.10. The summed E-state index contributed by atoms with van der Waals surface area (Å²) in [5.41, 5.74) is 2.32. The highest BCUT2D eigenvalue weighted by Crippen LogP contribution is 2.23. The van der Waals surface area contributed by atoms with Crippen molar-refractivity contribution in [2.24, 2.45) is 0 Å². The van der Waals surface area contributed by atoms with Crippen LogP contribution in [0.5, 0.6) is 5.75 Å². The van der Waals surface area contributed by atoms with Gasteiger partial charge >= 0.3 is 0 Å². The second kappa shape index (κ2) is 4.70. The molecule has 0 aliphatic heterocycles. The van der Waals surface area contributed by atoms with Crippen LogP contribution in [-0.2, 0) is 6.54 Å². The predicted molar refractivity (Wildman–Crippen MR) is 66.8 cm³/mol. The van der Waals surface area contributed by atoms with Crippen LogP contribution in [0, 0.1) is 6.92 Å². The number of aryl methyl sites for hydroxylation is 1. The first kappa shape index (κ1) is 11.2. The maximum Gasteiger partial charge on any atom is 0.119 e. The van der Waals surface area contributed by atoms with Crippen molar-refractivity contribution in [2.75, 3.05) is 7.11 Å². The van der Waals surface area contributed by atoms with Gasteiger partial charge in [-0.2, -0.15) is 5.10 Å². The Morgan fingerprint density at radius 1 is 1.44 bits per heavy atom. The van der Waals surface area contributed by atoms with Crippen molar-refractivity contribution in [1.82, 2.24) is 9.78 Å². The van der Waals surface area contributed by atoms with Gasteiger partial charge in [0, 0.05) is 10.7 Å². The average Bonchev–Trinajstić information content (AvgIpc) is 2.67. The van der Waals surface area contributed by atoms with Crippen LogP contribution >= 0.6 is 15.9 Å². The molecule has 0 bridgehead atoms. The molecule has 0 amide bonds. The lowest BCUT2D eigenvalue weighted by Crippen LogP contribution is -2.01. The minimum Gasteiger partial charge on any atom is -0.497 e. The molecule has 0 N–H and O–H groups in total. The van der Waals surface area contributed by atoms with Gasteiger partial charge in [-0.05, 0) is 36.2 Å². The minimum absolute atomic E-state index is 0.742. The van der Waals surface area contributed by atoms with E-state index in [4.69, 9.17) is 4.74 Å². The Balaban J connectivity index is 2.26. The Kier molecular flexibility index (Phi) is 3.29. The molecule has 0 saturated heterocycles. The van der Waals surface area contributed by atoms with Gasteiger partial charge in [0.05, 0.1) is 19.9 Å². The van der Waals surface area contributed by atoms with Gasteiger partial charge in [-0.1, -0.05) is 15.9 Å². The van der Waals surface area contributed by atoms with Crippen molar-refractivity contribution < 1.29 is 4.74 Å². The van der Waals surface area contributed by atoms with Crippen LogP contribution in [0.2, 0.25) is 0 Å². The van der Waals surface area contributed by atoms with E-state index in [0.717, 1.165) is 22.3 Å². The summed E-state index contributed by atoms with van der Waals surface area (Å²) in [5.74, 6) is 0.863. The Bertz CT molecular complexity index is 494. The number of methoxy groups -OCH3 is 1. The third-order valence-corrected chi connectivity index (χ3v) is 3.12. The van der Waals surface area contributed by atoms with Crippen LogP contribution in [-0.4, -0.2) is 16.9 Å². The molecule has 2 aromatic rings. The van der Waals surface area contributed by atoms with Crippen LogP contribution in [0.1, 0.15) is 11.1 Å². The van der Waals surface area contributed by atoms with E-state index in [0.29, 0.717) is 0 Å². The molecular weight excluding hydrogens is 268 g/mol. The van der Waals surface area contributed by atoms with Crippen molar-refractivity contribution in [1.29, 1.82) is 0 Å². The highest BCUT2D eigenvalue weighted by Gasteiger charge is 2.03. The van der Waals surface area contributed by atoms with Crippen molar-refractivity contribution in [3.8, 4) is 5.75 Å². The number of halogens is 1. The SMILES string of the molecule is COc1ccc(Br)c(Cn2cc(C)cn2)c1. The lowest BCUT2D eigenvalue weighted by molar-refractivity contribution is 0.414. The van der Waals surface area contributed by atoms with Crippen molar-refractivity contribution in [2.45, 2.75) is 13.5 Å². The Hall–Kier alpha value is -1.29. The lowest BCUT2D eigenvalue weighted by Gasteiger charge is -2.07.